The summed E-state index contributed by atoms with van der Waals surface area (Å²) in [5, 5.41) is 4.02. The molecule has 0 saturated carbocycles. The standard InChI is InChI=1S/C23H24N4O3/c1-14-6-5-9-27-21(14)24-12-19(23(27)29)22(28)25-15(2)10-16-13-26(3)20-8-7-17(30-4)11-18(16)20/h5-9,11-13,15H,10H2,1-4H3,(H,25,28)/t15-/m1/s1. The predicted octanol–water partition coefficient (Wildman–Crippen LogP) is 2.86. The number of hydrogen-bond donors (Lipinski definition) is 1. The number of nitrogens with one attached hydrogen (secondary N) is 1. The average Bonchev–Trinajstić information content (AvgIpc) is 3.03. The Morgan fingerprint density at radius 2 is 2.10 bits per heavy atom. The third kappa shape index (κ3) is 3.43. The third-order valence-electron chi connectivity index (χ3n) is 5.35. The molecule has 0 fully saturated rings. The van der Waals surface area contributed by atoms with Gasteiger partial charge in [0, 0.05) is 42.6 Å². The van der Waals surface area contributed by atoms with Crippen LogP contribution >= 0.6 is 0 Å². The molecule has 0 aliphatic carbocycles. The van der Waals surface area contributed by atoms with Crippen LogP contribution in [0, 0.1) is 6.92 Å². The Hall–Kier alpha value is -3.61. The maximum atomic E-state index is 12.8. The Bertz CT molecular complexity index is 1320. The van der Waals surface area contributed by atoms with Crippen LogP contribution in [0.15, 0.2) is 53.7 Å². The van der Waals surface area contributed by atoms with Gasteiger partial charge in [-0.05, 0) is 55.7 Å². The number of nitrogens with zero attached hydrogens (tertiary/aromatic N) is 3. The molecule has 30 heavy (non-hydrogen) atoms. The number of aromatic nitrogens is 3. The van der Waals surface area contributed by atoms with E-state index in [2.05, 4.69) is 21.1 Å². The molecule has 7 heteroatoms. The van der Waals surface area contributed by atoms with E-state index in [0.717, 1.165) is 27.8 Å². The molecule has 7 nitrogen and oxygen atoms in total. The molecule has 0 radical (unpaired) electrons. The van der Waals surface area contributed by atoms with E-state index >= 15 is 0 Å². The molecule has 0 unspecified atom stereocenters. The van der Waals surface area contributed by atoms with Crippen LogP contribution in [0.3, 0.4) is 0 Å². The van der Waals surface area contributed by atoms with E-state index in [1.807, 2.05) is 45.2 Å². The molecule has 1 atom stereocenters. The van der Waals surface area contributed by atoms with Gasteiger partial charge in [0.1, 0.15) is 17.0 Å². The zero-order valence-electron chi connectivity index (χ0n) is 17.5. The summed E-state index contributed by atoms with van der Waals surface area (Å²) in [4.78, 5) is 29.8. The van der Waals surface area contributed by atoms with Gasteiger partial charge >= 0.3 is 0 Å². The van der Waals surface area contributed by atoms with Crippen molar-refractivity contribution in [3.05, 3.63) is 76.0 Å². The summed E-state index contributed by atoms with van der Waals surface area (Å²) < 4.78 is 8.81. The molecule has 4 rings (SSSR count). The molecular formula is C23H24N4O3. The van der Waals surface area contributed by atoms with E-state index in [1.54, 1.807) is 19.4 Å². The first kappa shape index (κ1) is 19.7. The molecule has 1 amide bonds. The van der Waals surface area contributed by atoms with E-state index < -0.39 is 5.91 Å². The number of rotatable bonds is 5. The largest absolute Gasteiger partial charge is 0.497 e. The van der Waals surface area contributed by atoms with Gasteiger partial charge in [-0.3, -0.25) is 14.0 Å². The lowest BCUT2D eigenvalue weighted by molar-refractivity contribution is 0.0938. The lowest BCUT2D eigenvalue weighted by atomic mass is 10.1. The highest BCUT2D eigenvalue weighted by molar-refractivity contribution is 5.94. The number of hydrogen-bond acceptors (Lipinski definition) is 4. The molecule has 0 saturated heterocycles. The van der Waals surface area contributed by atoms with Crippen LogP contribution in [0.5, 0.6) is 5.75 Å². The van der Waals surface area contributed by atoms with Crippen LogP contribution in [-0.4, -0.2) is 33.0 Å². The van der Waals surface area contributed by atoms with Gasteiger partial charge in [-0.15, -0.1) is 0 Å². The summed E-state index contributed by atoms with van der Waals surface area (Å²) in [6, 6.07) is 9.42. The fourth-order valence-corrected chi connectivity index (χ4v) is 3.83. The maximum Gasteiger partial charge on any atom is 0.270 e. The summed E-state index contributed by atoms with van der Waals surface area (Å²) in [6.07, 6.45) is 5.66. The van der Waals surface area contributed by atoms with Crippen molar-refractivity contribution in [2.24, 2.45) is 7.05 Å². The minimum absolute atomic E-state index is 0.0320. The predicted molar refractivity (Wildman–Crippen MR) is 116 cm³/mol. The number of carbonyl (C=O) groups is 1. The summed E-state index contributed by atoms with van der Waals surface area (Å²) >= 11 is 0. The molecule has 154 valence electrons. The van der Waals surface area contributed by atoms with Gasteiger partial charge in [0.05, 0.1) is 7.11 Å². The number of carbonyl (C=O) groups excluding carboxylic acids is 1. The van der Waals surface area contributed by atoms with Crippen molar-refractivity contribution in [1.29, 1.82) is 0 Å². The molecule has 0 bridgehead atoms. The molecule has 4 aromatic rings. The fraction of sp³-hybridized carbons (Fsp3) is 0.261. The highest BCUT2D eigenvalue weighted by atomic mass is 16.5. The second-order valence-electron chi connectivity index (χ2n) is 7.59. The van der Waals surface area contributed by atoms with E-state index in [-0.39, 0.29) is 17.2 Å². The first-order valence-electron chi connectivity index (χ1n) is 9.79. The van der Waals surface area contributed by atoms with Crippen LogP contribution in [0.25, 0.3) is 16.6 Å². The molecule has 0 aliphatic rings. The number of aryl methyl sites for hydroxylation is 2. The van der Waals surface area contributed by atoms with Gasteiger partial charge in [-0.1, -0.05) is 6.07 Å². The number of methoxy groups -OCH3 is 1. The highest BCUT2D eigenvalue weighted by Gasteiger charge is 2.18. The lowest BCUT2D eigenvalue weighted by Gasteiger charge is -2.14. The van der Waals surface area contributed by atoms with Crippen molar-refractivity contribution >= 4 is 22.5 Å². The van der Waals surface area contributed by atoms with Gasteiger partial charge in [-0.25, -0.2) is 4.98 Å². The number of amides is 1. The molecule has 1 N–H and O–H groups in total. The molecule has 3 heterocycles. The van der Waals surface area contributed by atoms with Gasteiger partial charge in [0.15, 0.2) is 0 Å². The summed E-state index contributed by atoms with van der Waals surface area (Å²) in [7, 11) is 3.63. The van der Waals surface area contributed by atoms with Crippen LogP contribution < -0.4 is 15.6 Å². The Labute approximate surface area is 173 Å². The van der Waals surface area contributed by atoms with E-state index in [1.165, 1.54) is 10.6 Å². The second kappa shape index (κ2) is 7.67. The van der Waals surface area contributed by atoms with Gasteiger partial charge in [0.2, 0.25) is 0 Å². The van der Waals surface area contributed by atoms with Gasteiger partial charge in [0.25, 0.3) is 11.5 Å². The number of benzene rings is 1. The monoisotopic (exact) mass is 404 g/mol. The van der Waals surface area contributed by atoms with Crippen LogP contribution in [0.2, 0.25) is 0 Å². The summed E-state index contributed by atoms with van der Waals surface area (Å²) in [5.74, 6) is 0.367. The Balaban J connectivity index is 1.58. The minimum atomic E-state index is -0.422. The molecular weight excluding hydrogens is 380 g/mol. The minimum Gasteiger partial charge on any atom is -0.497 e. The molecule has 0 spiro atoms. The normalized spacial score (nSPS) is 12.3. The Morgan fingerprint density at radius 1 is 1.30 bits per heavy atom. The topological polar surface area (TPSA) is 77.6 Å². The van der Waals surface area contributed by atoms with E-state index in [9.17, 15) is 9.59 Å². The first-order chi connectivity index (χ1) is 14.4. The summed E-state index contributed by atoms with van der Waals surface area (Å²) in [5.41, 5.74) is 3.28. The third-order valence-corrected chi connectivity index (χ3v) is 5.35. The molecule has 0 aliphatic heterocycles. The zero-order chi connectivity index (χ0) is 21.4. The van der Waals surface area contributed by atoms with Crippen molar-refractivity contribution in [3.63, 3.8) is 0 Å². The first-order valence-corrected chi connectivity index (χ1v) is 9.79. The van der Waals surface area contributed by atoms with Crippen LogP contribution in [-0.2, 0) is 13.5 Å². The number of fused-ring (bicyclic) bond motifs is 2. The second-order valence-corrected chi connectivity index (χ2v) is 7.59. The van der Waals surface area contributed by atoms with Gasteiger partial charge in [-0.2, -0.15) is 0 Å². The van der Waals surface area contributed by atoms with Crippen molar-refractivity contribution in [1.82, 2.24) is 19.3 Å². The van der Waals surface area contributed by atoms with Crippen molar-refractivity contribution in [2.45, 2.75) is 26.3 Å². The number of ether oxygens (including phenoxy) is 1. The van der Waals surface area contributed by atoms with Crippen molar-refractivity contribution in [3.8, 4) is 5.75 Å². The quantitative estimate of drug-likeness (QED) is 0.555. The zero-order valence-corrected chi connectivity index (χ0v) is 17.5. The fourth-order valence-electron chi connectivity index (χ4n) is 3.83. The van der Waals surface area contributed by atoms with E-state index in [0.29, 0.717) is 12.1 Å². The number of pyridine rings is 1. The molecule has 3 aromatic heterocycles. The summed E-state index contributed by atoms with van der Waals surface area (Å²) in [6.45, 7) is 3.80. The lowest BCUT2D eigenvalue weighted by Crippen LogP contribution is -2.38. The maximum absolute atomic E-state index is 12.8. The van der Waals surface area contributed by atoms with E-state index in [4.69, 9.17) is 4.74 Å². The van der Waals surface area contributed by atoms with Crippen molar-refractivity contribution < 1.29 is 9.53 Å². The molecule has 1 aromatic carbocycles. The Kier molecular flexibility index (Phi) is 5.03. The van der Waals surface area contributed by atoms with Crippen molar-refractivity contribution in [2.75, 3.05) is 7.11 Å². The average molecular weight is 404 g/mol. The Morgan fingerprint density at radius 3 is 2.87 bits per heavy atom. The van der Waals surface area contributed by atoms with Crippen LogP contribution in [0.4, 0.5) is 0 Å². The van der Waals surface area contributed by atoms with Crippen LogP contribution in [0.1, 0.15) is 28.4 Å². The SMILES string of the molecule is COc1ccc2c(c1)c(C[C@@H](C)NC(=O)c1cnc3c(C)cccn3c1=O)cn2C. The smallest absolute Gasteiger partial charge is 0.270 e. The highest BCUT2D eigenvalue weighted by Crippen LogP contribution is 2.26. The van der Waals surface area contributed by atoms with Gasteiger partial charge < -0.3 is 14.6 Å².